The van der Waals surface area contributed by atoms with E-state index < -0.39 is 0 Å². The molecule has 2 aromatic rings. The van der Waals surface area contributed by atoms with E-state index in [0.717, 1.165) is 17.8 Å². The Morgan fingerprint density at radius 2 is 1.94 bits per heavy atom. The van der Waals surface area contributed by atoms with Gasteiger partial charge in [-0.15, -0.1) is 0 Å². The van der Waals surface area contributed by atoms with Crippen LogP contribution in [-0.4, -0.2) is 41.7 Å². The third kappa shape index (κ3) is 2.31. The van der Waals surface area contributed by atoms with Crippen molar-refractivity contribution < 1.29 is 5.11 Å². The fraction of sp³-hybridized carbons (Fsp3) is 0.600. The average Bonchev–Trinajstić information content (AvgIpc) is 3.50. The highest BCUT2D eigenvalue weighted by atomic mass is 16.3. The minimum absolute atomic E-state index is 0.259. The van der Waals surface area contributed by atoms with Crippen LogP contribution in [0, 0.1) is 30.1 Å². The lowest BCUT2D eigenvalue weighted by Gasteiger charge is -2.66. The summed E-state index contributed by atoms with van der Waals surface area (Å²) in [5.74, 6) is 2.96. The Balaban J connectivity index is 1.29. The number of hydrogen-bond donors (Lipinski definition) is 1. The molecule has 4 aliphatic carbocycles. The highest BCUT2D eigenvalue weighted by molar-refractivity contribution is 5.58. The largest absolute Gasteiger partial charge is 0.508 e. The standard InChI is InChI=1S/C30H36N2O/c1-19-4-2-3-5-25(19)32-18-22-16-29-11-10-26(32)28(22)30(29)12-13-31(17-20-6-7-20)27(29)14-21-8-9-23(33)15-24(21)30/h2-5,8-9,15,20,22,26-28,33H,6-7,10-14,16-18H2,1H3/t22-,26?,27?,28?,29?,30?/m1/s1. The summed E-state index contributed by atoms with van der Waals surface area (Å²) in [6.45, 7) is 6.12. The molecule has 1 N–H and O–H groups in total. The van der Waals surface area contributed by atoms with Crippen molar-refractivity contribution in [1.82, 2.24) is 4.90 Å². The van der Waals surface area contributed by atoms with Crippen LogP contribution in [0.3, 0.4) is 0 Å². The second-order valence-electron chi connectivity index (χ2n) is 12.4. The van der Waals surface area contributed by atoms with E-state index in [1.54, 1.807) is 11.1 Å². The topological polar surface area (TPSA) is 26.7 Å². The van der Waals surface area contributed by atoms with Crippen LogP contribution in [0.1, 0.15) is 55.2 Å². The van der Waals surface area contributed by atoms with Crippen LogP contribution < -0.4 is 4.90 Å². The number of para-hydroxylation sites is 1. The lowest BCUT2D eigenvalue weighted by atomic mass is 9.43. The Morgan fingerprint density at radius 1 is 1.06 bits per heavy atom. The maximum absolute atomic E-state index is 10.6. The smallest absolute Gasteiger partial charge is 0.115 e. The molecule has 2 aromatic carbocycles. The number of likely N-dealkylation sites (tertiary alicyclic amines) is 1. The van der Waals surface area contributed by atoms with E-state index in [1.165, 1.54) is 75.8 Å². The molecule has 4 bridgehead atoms. The fourth-order valence-electron chi connectivity index (χ4n) is 10.1. The maximum Gasteiger partial charge on any atom is 0.115 e. The van der Waals surface area contributed by atoms with Gasteiger partial charge in [-0.3, -0.25) is 4.90 Å². The zero-order valence-corrected chi connectivity index (χ0v) is 19.8. The van der Waals surface area contributed by atoms with E-state index in [1.807, 2.05) is 6.07 Å². The van der Waals surface area contributed by atoms with Crippen molar-refractivity contribution in [3.63, 3.8) is 0 Å². The monoisotopic (exact) mass is 440 g/mol. The van der Waals surface area contributed by atoms with Gasteiger partial charge in [-0.25, -0.2) is 0 Å². The molecule has 3 nitrogen and oxygen atoms in total. The molecule has 8 rings (SSSR count). The molecule has 0 radical (unpaired) electrons. The fourth-order valence-corrected chi connectivity index (χ4v) is 10.1. The van der Waals surface area contributed by atoms with Crippen molar-refractivity contribution in [2.75, 3.05) is 24.5 Å². The van der Waals surface area contributed by atoms with Gasteiger partial charge in [0.05, 0.1) is 0 Å². The summed E-state index contributed by atoms with van der Waals surface area (Å²) < 4.78 is 0. The van der Waals surface area contributed by atoms with Gasteiger partial charge in [0.15, 0.2) is 0 Å². The van der Waals surface area contributed by atoms with Crippen molar-refractivity contribution in [1.29, 1.82) is 0 Å². The first-order valence-electron chi connectivity index (χ1n) is 13.5. The molecule has 2 aliphatic heterocycles. The minimum atomic E-state index is 0.259. The lowest BCUT2D eigenvalue weighted by molar-refractivity contribution is -0.0920. The first-order chi connectivity index (χ1) is 16.1. The number of nitrogens with zero attached hydrogens (tertiary/aromatic N) is 2. The average molecular weight is 441 g/mol. The summed E-state index contributed by atoms with van der Waals surface area (Å²) in [6.07, 6.45) is 9.52. The predicted molar refractivity (Wildman–Crippen MR) is 132 cm³/mol. The Bertz CT molecular complexity index is 1140. The van der Waals surface area contributed by atoms with Gasteiger partial charge in [-0.05, 0) is 116 Å². The molecule has 0 amide bonds. The van der Waals surface area contributed by atoms with Gasteiger partial charge in [-0.2, -0.15) is 0 Å². The predicted octanol–water partition coefficient (Wildman–Crippen LogP) is 5.28. The summed E-state index contributed by atoms with van der Waals surface area (Å²) in [4.78, 5) is 5.76. The molecule has 6 atom stereocenters. The van der Waals surface area contributed by atoms with Crippen LogP contribution in [0.2, 0.25) is 0 Å². The van der Waals surface area contributed by atoms with Crippen LogP contribution in [0.25, 0.3) is 0 Å². The third-order valence-electron chi connectivity index (χ3n) is 11.2. The van der Waals surface area contributed by atoms with Gasteiger partial charge in [0.25, 0.3) is 0 Å². The Kier molecular flexibility index (Phi) is 3.72. The number of hydrogen-bond acceptors (Lipinski definition) is 3. The normalized spacial score (nSPS) is 40.6. The third-order valence-corrected chi connectivity index (χ3v) is 11.2. The van der Waals surface area contributed by atoms with Crippen LogP contribution in [-0.2, 0) is 11.8 Å². The molecule has 3 heteroatoms. The van der Waals surface area contributed by atoms with Crippen LogP contribution in [0.5, 0.6) is 5.75 Å². The molecule has 0 aromatic heterocycles. The Morgan fingerprint density at radius 3 is 2.79 bits per heavy atom. The second kappa shape index (κ2) is 6.36. The van der Waals surface area contributed by atoms with Crippen LogP contribution >= 0.6 is 0 Å². The lowest BCUT2D eigenvalue weighted by Crippen LogP contribution is -2.69. The van der Waals surface area contributed by atoms with Gasteiger partial charge in [0.1, 0.15) is 5.75 Å². The van der Waals surface area contributed by atoms with Crippen molar-refractivity contribution in [3.8, 4) is 5.75 Å². The summed E-state index contributed by atoms with van der Waals surface area (Å²) in [7, 11) is 0. The van der Waals surface area contributed by atoms with E-state index in [9.17, 15) is 5.11 Å². The highest BCUT2D eigenvalue weighted by Crippen LogP contribution is 2.75. The second-order valence-corrected chi connectivity index (χ2v) is 12.4. The Hall–Kier alpha value is -2.00. The number of aromatic hydroxyl groups is 1. The number of benzene rings is 2. The zero-order chi connectivity index (χ0) is 21.9. The quantitative estimate of drug-likeness (QED) is 0.703. The van der Waals surface area contributed by atoms with Crippen LogP contribution in [0.4, 0.5) is 5.69 Å². The highest BCUT2D eigenvalue weighted by Gasteiger charge is 2.76. The summed E-state index contributed by atoms with van der Waals surface area (Å²) >= 11 is 0. The molecule has 2 saturated heterocycles. The van der Waals surface area contributed by atoms with Crippen molar-refractivity contribution in [2.45, 2.75) is 69.4 Å². The van der Waals surface area contributed by atoms with E-state index in [-0.39, 0.29) is 5.41 Å². The van der Waals surface area contributed by atoms with Gasteiger partial charge >= 0.3 is 0 Å². The molecule has 0 spiro atoms. The van der Waals surface area contributed by atoms with E-state index in [0.29, 0.717) is 23.2 Å². The molecule has 5 fully saturated rings. The SMILES string of the molecule is Cc1ccccc1N1C[C@H]2CC34CCC1C2C31CCN(CC2CC2)C4Cc2ccc(O)cc21. The molecule has 2 heterocycles. The summed E-state index contributed by atoms with van der Waals surface area (Å²) in [6, 6.07) is 16.8. The Labute approximate surface area is 197 Å². The zero-order valence-electron chi connectivity index (χ0n) is 19.8. The van der Waals surface area contributed by atoms with Gasteiger partial charge in [-0.1, -0.05) is 24.3 Å². The van der Waals surface area contributed by atoms with E-state index in [2.05, 4.69) is 53.1 Å². The molecule has 5 unspecified atom stereocenters. The van der Waals surface area contributed by atoms with Crippen LogP contribution in [0.15, 0.2) is 42.5 Å². The molecular weight excluding hydrogens is 404 g/mol. The molecule has 172 valence electrons. The number of rotatable bonds is 3. The van der Waals surface area contributed by atoms with E-state index >= 15 is 0 Å². The molecule has 3 saturated carbocycles. The maximum atomic E-state index is 10.6. The minimum Gasteiger partial charge on any atom is -0.508 e. The number of phenols is 1. The summed E-state index contributed by atoms with van der Waals surface area (Å²) in [5.41, 5.74) is 6.67. The van der Waals surface area contributed by atoms with Gasteiger partial charge in [0, 0.05) is 36.3 Å². The van der Waals surface area contributed by atoms with Crippen molar-refractivity contribution in [2.24, 2.45) is 23.2 Å². The first-order valence-corrected chi connectivity index (χ1v) is 13.5. The molecular formula is C30H36N2O. The number of aryl methyl sites for hydroxylation is 1. The number of piperidine rings is 1. The van der Waals surface area contributed by atoms with Crippen molar-refractivity contribution in [3.05, 3.63) is 59.2 Å². The van der Waals surface area contributed by atoms with Gasteiger partial charge in [0.2, 0.25) is 0 Å². The van der Waals surface area contributed by atoms with Gasteiger partial charge < -0.3 is 10.0 Å². The number of anilines is 1. The summed E-state index contributed by atoms with van der Waals surface area (Å²) in [5, 5.41) is 10.6. The number of phenolic OH excluding ortho intramolecular Hbond substituents is 1. The van der Waals surface area contributed by atoms with E-state index in [4.69, 9.17) is 0 Å². The molecule has 6 aliphatic rings. The number of fused-ring (bicyclic) bond motifs is 1. The first kappa shape index (κ1) is 19.3. The van der Waals surface area contributed by atoms with Crippen molar-refractivity contribution >= 4 is 5.69 Å². The molecule has 33 heavy (non-hydrogen) atoms.